The fourth-order valence-corrected chi connectivity index (χ4v) is 5.71. The zero-order valence-electron chi connectivity index (χ0n) is 11.2. The first kappa shape index (κ1) is 13.1. The van der Waals surface area contributed by atoms with E-state index in [-0.39, 0.29) is 11.2 Å². The summed E-state index contributed by atoms with van der Waals surface area (Å²) < 4.78 is 23.5. The third kappa shape index (κ3) is 2.56. The Morgan fingerprint density at radius 3 is 2.68 bits per heavy atom. The summed E-state index contributed by atoms with van der Waals surface area (Å²) in [5.74, 6) is 0.558. The van der Waals surface area contributed by atoms with Gasteiger partial charge in [-0.3, -0.25) is 0 Å². The molecule has 1 aromatic rings. The zero-order chi connectivity index (χ0) is 13.5. The van der Waals surface area contributed by atoms with E-state index in [4.69, 9.17) is 5.73 Å². The highest BCUT2D eigenvalue weighted by atomic mass is 32.2. The molecule has 0 amide bonds. The van der Waals surface area contributed by atoms with Crippen LogP contribution in [0.4, 0.5) is 0 Å². The van der Waals surface area contributed by atoms with Gasteiger partial charge in [-0.15, -0.1) is 0 Å². The first-order valence-electron chi connectivity index (χ1n) is 7.03. The van der Waals surface area contributed by atoms with Crippen molar-refractivity contribution in [2.75, 3.05) is 18.1 Å². The van der Waals surface area contributed by atoms with Gasteiger partial charge in [-0.2, -0.15) is 0 Å². The van der Waals surface area contributed by atoms with E-state index in [9.17, 15) is 8.42 Å². The molecule has 2 N–H and O–H groups in total. The lowest BCUT2D eigenvalue weighted by Crippen LogP contribution is -2.34. The molecule has 3 rings (SSSR count). The summed E-state index contributed by atoms with van der Waals surface area (Å²) in [5.41, 5.74) is 9.82. The fourth-order valence-electron chi connectivity index (χ4n) is 3.52. The minimum atomic E-state index is -2.88. The van der Waals surface area contributed by atoms with Crippen molar-refractivity contribution < 1.29 is 8.42 Å². The molecule has 1 saturated heterocycles. The lowest BCUT2D eigenvalue weighted by molar-refractivity contribution is 0.344. The first-order chi connectivity index (χ1) is 9.02. The Balaban J connectivity index is 1.84. The van der Waals surface area contributed by atoms with Crippen molar-refractivity contribution in [1.29, 1.82) is 0 Å². The van der Waals surface area contributed by atoms with Crippen molar-refractivity contribution in [1.82, 2.24) is 0 Å². The third-order valence-electron chi connectivity index (χ3n) is 4.64. The zero-order valence-corrected chi connectivity index (χ0v) is 12.0. The maximum atomic E-state index is 11.7. The molecule has 1 aromatic carbocycles. The third-order valence-corrected chi connectivity index (χ3v) is 6.52. The molecule has 1 fully saturated rings. The molecule has 0 aromatic heterocycles. The van der Waals surface area contributed by atoms with E-state index in [0.717, 1.165) is 12.8 Å². The summed E-state index contributed by atoms with van der Waals surface area (Å²) in [4.78, 5) is 0. The van der Waals surface area contributed by atoms with Crippen molar-refractivity contribution in [3.05, 3.63) is 34.9 Å². The van der Waals surface area contributed by atoms with Crippen molar-refractivity contribution >= 4 is 9.84 Å². The van der Waals surface area contributed by atoms with E-state index >= 15 is 0 Å². The number of rotatable bonds is 3. The lowest BCUT2D eigenvalue weighted by Gasteiger charge is -2.26. The van der Waals surface area contributed by atoms with E-state index < -0.39 is 9.84 Å². The molecule has 1 heterocycles. The van der Waals surface area contributed by atoms with Crippen molar-refractivity contribution in [2.45, 2.75) is 32.1 Å². The Kier molecular flexibility index (Phi) is 3.18. The Morgan fingerprint density at radius 2 is 2.00 bits per heavy atom. The van der Waals surface area contributed by atoms with E-state index in [1.165, 1.54) is 29.5 Å². The molecule has 1 unspecified atom stereocenters. The molecule has 2 aliphatic rings. The number of benzene rings is 1. The summed E-state index contributed by atoms with van der Waals surface area (Å²) >= 11 is 0. The largest absolute Gasteiger partial charge is 0.330 e. The van der Waals surface area contributed by atoms with E-state index in [2.05, 4.69) is 18.2 Å². The molecule has 4 heteroatoms. The molecule has 1 atom stereocenters. The van der Waals surface area contributed by atoms with Gasteiger partial charge in [-0.25, -0.2) is 8.42 Å². The molecule has 0 bridgehead atoms. The topological polar surface area (TPSA) is 60.2 Å². The number of aryl methyl sites for hydroxylation is 2. The highest BCUT2D eigenvalue weighted by molar-refractivity contribution is 7.91. The Hall–Kier alpha value is -0.870. The number of fused-ring (bicyclic) bond motifs is 1. The van der Waals surface area contributed by atoms with Gasteiger partial charge in [0.05, 0.1) is 11.5 Å². The van der Waals surface area contributed by atoms with Crippen LogP contribution in [0.15, 0.2) is 18.2 Å². The monoisotopic (exact) mass is 279 g/mol. The molecule has 0 saturated carbocycles. The van der Waals surface area contributed by atoms with Crippen LogP contribution in [0.25, 0.3) is 0 Å². The van der Waals surface area contributed by atoms with Gasteiger partial charge in [0.2, 0.25) is 0 Å². The molecule has 0 spiro atoms. The number of sulfone groups is 1. The van der Waals surface area contributed by atoms with Crippen LogP contribution in [0.5, 0.6) is 0 Å². The van der Waals surface area contributed by atoms with Gasteiger partial charge in [-0.1, -0.05) is 18.2 Å². The molecule has 0 radical (unpaired) electrons. The van der Waals surface area contributed by atoms with Crippen LogP contribution < -0.4 is 5.73 Å². The number of hydrogen-bond donors (Lipinski definition) is 1. The van der Waals surface area contributed by atoms with Crippen LogP contribution >= 0.6 is 0 Å². The minimum absolute atomic E-state index is 0.230. The molecule has 1 aliphatic carbocycles. The van der Waals surface area contributed by atoms with Crippen LogP contribution in [0.2, 0.25) is 0 Å². The Morgan fingerprint density at radius 1 is 1.21 bits per heavy atom. The molecule has 19 heavy (non-hydrogen) atoms. The van der Waals surface area contributed by atoms with Crippen LogP contribution in [-0.4, -0.2) is 26.5 Å². The molecule has 104 valence electrons. The van der Waals surface area contributed by atoms with Gasteiger partial charge in [0.15, 0.2) is 9.84 Å². The van der Waals surface area contributed by atoms with Crippen molar-refractivity contribution in [3.8, 4) is 0 Å². The van der Waals surface area contributed by atoms with Gasteiger partial charge in [0.1, 0.15) is 0 Å². The molecule has 3 nitrogen and oxygen atoms in total. The number of nitrogens with two attached hydrogens (primary N) is 1. The molecular weight excluding hydrogens is 258 g/mol. The van der Waals surface area contributed by atoms with Gasteiger partial charge in [0.25, 0.3) is 0 Å². The maximum absolute atomic E-state index is 11.7. The van der Waals surface area contributed by atoms with Gasteiger partial charge in [0, 0.05) is 5.41 Å². The second-order valence-corrected chi connectivity index (χ2v) is 8.36. The normalized spacial score (nSPS) is 28.5. The van der Waals surface area contributed by atoms with E-state index in [0.29, 0.717) is 18.7 Å². The van der Waals surface area contributed by atoms with Crippen LogP contribution in [-0.2, 0) is 29.1 Å². The molecular formula is C15H21NO2S. The average molecular weight is 279 g/mol. The summed E-state index contributed by atoms with van der Waals surface area (Å²) in [6, 6.07) is 6.64. The quantitative estimate of drug-likeness (QED) is 0.911. The predicted molar refractivity (Wildman–Crippen MR) is 76.9 cm³/mol. The molecule has 1 aliphatic heterocycles. The van der Waals surface area contributed by atoms with E-state index in [1.54, 1.807) is 0 Å². The summed E-state index contributed by atoms with van der Waals surface area (Å²) in [5, 5.41) is 0. The first-order valence-corrected chi connectivity index (χ1v) is 8.85. The predicted octanol–water partition coefficient (Wildman–Crippen LogP) is 1.48. The smallest absolute Gasteiger partial charge is 0.150 e. The summed E-state index contributed by atoms with van der Waals surface area (Å²) in [6.07, 6.45) is 5.11. The van der Waals surface area contributed by atoms with Crippen LogP contribution in [0.3, 0.4) is 0 Å². The van der Waals surface area contributed by atoms with Crippen molar-refractivity contribution in [2.24, 2.45) is 11.1 Å². The highest BCUT2D eigenvalue weighted by Crippen LogP contribution is 2.35. The Labute approximate surface area is 115 Å². The Bertz CT molecular complexity index is 594. The second kappa shape index (κ2) is 4.60. The van der Waals surface area contributed by atoms with Gasteiger partial charge in [-0.05, 0) is 55.3 Å². The highest BCUT2D eigenvalue weighted by Gasteiger charge is 2.41. The SMILES string of the molecule is NCC1(Cc2ccc3c(c2)CCC3)CCS(=O)(=O)C1. The summed E-state index contributed by atoms with van der Waals surface area (Å²) in [7, 11) is -2.88. The van der Waals surface area contributed by atoms with E-state index in [1.807, 2.05) is 0 Å². The minimum Gasteiger partial charge on any atom is -0.330 e. The van der Waals surface area contributed by atoms with Crippen LogP contribution in [0.1, 0.15) is 29.5 Å². The van der Waals surface area contributed by atoms with Gasteiger partial charge >= 0.3 is 0 Å². The summed E-state index contributed by atoms with van der Waals surface area (Å²) in [6.45, 7) is 0.462. The maximum Gasteiger partial charge on any atom is 0.150 e. The standard InChI is InChI=1S/C15H21NO2S/c16-10-15(6-7-19(17,18)11-15)9-12-4-5-13-2-1-3-14(13)8-12/h4-5,8H,1-3,6-7,9-11,16H2. The lowest BCUT2D eigenvalue weighted by atomic mass is 9.81. The number of hydrogen-bond acceptors (Lipinski definition) is 3. The van der Waals surface area contributed by atoms with Gasteiger partial charge < -0.3 is 5.73 Å². The average Bonchev–Trinajstić information content (AvgIpc) is 2.94. The fraction of sp³-hybridized carbons (Fsp3) is 0.600. The van der Waals surface area contributed by atoms with Crippen molar-refractivity contribution in [3.63, 3.8) is 0 Å². The second-order valence-electron chi connectivity index (χ2n) is 6.18. The van der Waals surface area contributed by atoms with Crippen LogP contribution in [0, 0.1) is 5.41 Å².